The van der Waals surface area contributed by atoms with Crippen LogP contribution in [0.2, 0.25) is 0 Å². The molecule has 2 N–H and O–H groups in total. The smallest absolute Gasteiger partial charge is 0.309 e. The summed E-state index contributed by atoms with van der Waals surface area (Å²) in [5.41, 5.74) is 3.13. The number of carboxylic acids is 1. The number of hydrogen-bond acceptors (Lipinski definition) is 3. The third kappa shape index (κ3) is 1.93. The fourth-order valence-corrected chi connectivity index (χ4v) is 1.59. The summed E-state index contributed by atoms with van der Waals surface area (Å²) in [6.45, 7) is 1.96. The van der Waals surface area contributed by atoms with Gasteiger partial charge in [0.2, 0.25) is 0 Å². The van der Waals surface area contributed by atoms with Crippen molar-refractivity contribution in [1.29, 1.82) is 0 Å². The van der Waals surface area contributed by atoms with Gasteiger partial charge < -0.3 is 5.11 Å². The summed E-state index contributed by atoms with van der Waals surface area (Å²) in [6.07, 6.45) is -0.125. The van der Waals surface area contributed by atoms with E-state index in [0.29, 0.717) is 11.4 Å². The molecule has 0 radical (unpaired) electrons. The molecule has 5 nitrogen and oxygen atoms in total. The highest BCUT2D eigenvalue weighted by Gasteiger charge is 2.13. The molecular weight excluding hydrogens is 206 g/mol. The molecule has 1 aromatic heterocycles. The average Bonchev–Trinajstić information content (AvgIpc) is 2.66. The predicted molar refractivity (Wildman–Crippen MR) is 57.9 cm³/mol. The monoisotopic (exact) mass is 217 g/mol. The molecule has 0 saturated heterocycles. The molecule has 82 valence electrons. The third-order valence-electron chi connectivity index (χ3n) is 2.35. The molecule has 5 heteroatoms. The molecule has 0 unspecified atom stereocenters. The molecule has 0 fully saturated rings. The van der Waals surface area contributed by atoms with Gasteiger partial charge in [-0.15, -0.1) is 5.10 Å². The van der Waals surface area contributed by atoms with Gasteiger partial charge in [-0.05, 0) is 12.5 Å². The zero-order valence-electron chi connectivity index (χ0n) is 8.77. The van der Waals surface area contributed by atoms with Crippen LogP contribution < -0.4 is 0 Å². The lowest BCUT2D eigenvalue weighted by Crippen LogP contribution is -2.02. The van der Waals surface area contributed by atoms with Crippen molar-refractivity contribution < 1.29 is 9.90 Å². The van der Waals surface area contributed by atoms with Crippen LogP contribution in [0.4, 0.5) is 0 Å². The molecule has 0 atom stereocenters. The van der Waals surface area contributed by atoms with Crippen molar-refractivity contribution in [1.82, 2.24) is 15.4 Å². The van der Waals surface area contributed by atoms with Gasteiger partial charge in [0.15, 0.2) is 0 Å². The summed E-state index contributed by atoms with van der Waals surface area (Å²) in [5.74, 6) is -0.913. The maximum atomic E-state index is 10.7. The van der Waals surface area contributed by atoms with E-state index in [2.05, 4.69) is 15.4 Å². The van der Waals surface area contributed by atoms with Gasteiger partial charge in [-0.25, -0.2) is 0 Å². The number of aromatic nitrogens is 3. The number of benzene rings is 1. The lowest BCUT2D eigenvalue weighted by molar-refractivity contribution is -0.136. The topological polar surface area (TPSA) is 78.9 Å². The quantitative estimate of drug-likeness (QED) is 0.814. The fourth-order valence-electron chi connectivity index (χ4n) is 1.59. The Morgan fingerprint density at radius 2 is 2.19 bits per heavy atom. The van der Waals surface area contributed by atoms with Crippen LogP contribution in [0.15, 0.2) is 24.3 Å². The van der Waals surface area contributed by atoms with E-state index in [1.165, 1.54) is 0 Å². The maximum Gasteiger partial charge on any atom is 0.309 e. The second kappa shape index (κ2) is 4.14. The van der Waals surface area contributed by atoms with Crippen LogP contribution >= 0.6 is 0 Å². The van der Waals surface area contributed by atoms with E-state index < -0.39 is 5.97 Å². The van der Waals surface area contributed by atoms with Crippen LogP contribution in [-0.4, -0.2) is 26.5 Å². The first-order chi connectivity index (χ1) is 7.68. The van der Waals surface area contributed by atoms with Gasteiger partial charge in [-0.1, -0.05) is 29.5 Å². The van der Waals surface area contributed by atoms with E-state index in [1.54, 1.807) is 0 Å². The van der Waals surface area contributed by atoms with E-state index in [0.717, 1.165) is 11.1 Å². The molecule has 0 amide bonds. The normalized spacial score (nSPS) is 10.3. The summed E-state index contributed by atoms with van der Waals surface area (Å²) in [5, 5.41) is 18.9. The van der Waals surface area contributed by atoms with E-state index in [4.69, 9.17) is 5.11 Å². The molecule has 16 heavy (non-hydrogen) atoms. The van der Waals surface area contributed by atoms with Gasteiger partial charge in [0.05, 0.1) is 12.1 Å². The van der Waals surface area contributed by atoms with Gasteiger partial charge in [-0.3, -0.25) is 9.89 Å². The third-order valence-corrected chi connectivity index (χ3v) is 2.35. The Morgan fingerprint density at radius 3 is 2.88 bits per heavy atom. The Morgan fingerprint density at radius 1 is 1.44 bits per heavy atom. The maximum absolute atomic E-state index is 10.7. The van der Waals surface area contributed by atoms with Crippen LogP contribution in [-0.2, 0) is 11.2 Å². The van der Waals surface area contributed by atoms with Crippen molar-refractivity contribution in [2.24, 2.45) is 0 Å². The van der Waals surface area contributed by atoms with E-state index in [-0.39, 0.29) is 6.42 Å². The van der Waals surface area contributed by atoms with Crippen molar-refractivity contribution in [2.45, 2.75) is 13.3 Å². The number of aryl methyl sites for hydroxylation is 1. The van der Waals surface area contributed by atoms with E-state index in [1.807, 2.05) is 31.2 Å². The van der Waals surface area contributed by atoms with Crippen molar-refractivity contribution in [3.63, 3.8) is 0 Å². The van der Waals surface area contributed by atoms with Gasteiger partial charge in [0.25, 0.3) is 0 Å². The van der Waals surface area contributed by atoms with Crippen LogP contribution in [0.5, 0.6) is 0 Å². The minimum atomic E-state index is -0.913. The highest BCUT2D eigenvalue weighted by molar-refractivity contribution is 5.74. The van der Waals surface area contributed by atoms with E-state index in [9.17, 15) is 4.79 Å². The number of carboxylic acid groups (broad SMARTS) is 1. The van der Waals surface area contributed by atoms with Gasteiger partial charge in [0.1, 0.15) is 5.69 Å². The lowest BCUT2D eigenvalue weighted by atomic mass is 10.0. The number of rotatable bonds is 3. The van der Waals surface area contributed by atoms with Gasteiger partial charge >= 0.3 is 5.97 Å². The van der Waals surface area contributed by atoms with Crippen molar-refractivity contribution in [3.05, 3.63) is 35.5 Å². The first-order valence-electron chi connectivity index (χ1n) is 4.86. The predicted octanol–water partition coefficient (Wildman–Crippen LogP) is 1.41. The molecule has 2 rings (SSSR count). The Labute approximate surface area is 92.1 Å². The number of aliphatic carboxylic acids is 1. The molecule has 1 aromatic carbocycles. The number of nitrogens with one attached hydrogen (secondary N) is 1. The second-order valence-corrected chi connectivity index (χ2v) is 3.52. The second-order valence-electron chi connectivity index (χ2n) is 3.52. The molecule has 0 bridgehead atoms. The van der Waals surface area contributed by atoms with Crippen molar-refractivity contribution in [3.8, 4) is 11.3 Å². The summed E-state index contributed by atoms with van der Waals surface area (Å²) < 4.78 is 0. The van der Waals surface area contributed by atoms with Gasteiger partial charge in [0, 0.05) is 5.56 Å². The first-order valence-corrected chi connectivity index (χ1v) is 4.86. The summed E-state index contributed by atoms with van der Waals surface area (Å²) in [7, 11) is 0. The lowest BCUT2D eigenvalue weighted by Gasteiger charge is -2.03. The standard InChI is InChI=1S/C11H11N3O2/c1-7-4-2-3-5-8(7)11-9(6-10(15)16)12-14-13-11/h2-5H,6H2,1H3,(H,15,16)(H,12,13,14). The average molecular weight is 217 g/mol. The molecule has 0 spiro atoms. The zero-order valence-corrected chi connectivity index (χ0v) is 8.77. The van der Waals surface area contributed by atoms with Crippen LogP contribution in [0.3, 0.4) is 0 Å². The highest BCUT2D eigenvalue weighted by atomic mass is 16.4. The Hall–Kier alpha value is -2.17. The minimum Gasteiger partial charge on any atom is -0.481 e. The molecule has 0 aliphatic heterocycles. The Bertz CT molecular complexity index is 519. The van der Waals surface area contributed by atoms with Gasteiger partial charge in [-0.2, -0.15) is 0 Å². The number of aromatic amines is 1. The molecule has 1 heterocycles. The number of hydrogen-bond donors (Lipinski definition) is 2. The number of carbonyl (C=O) groups is 1. The summed E-state index contributed by atoms with van der Waals surface area (Å²) in [4.78, 5) is 10.7. The number of nitrogens with zero attached hydrogens (tertiary/aromatic N) is 2. The minimum absolute atomic E-state index is 0.125. The molecule has 0 aliphatic carbocycles. The van der Waals surface area contributed by atoms with Crippen LogP contribution in [0.1, 0.15) is 11.3 Å². The SMILES string of the molecule is Cc1ccccc1-c1[nH]nnc1CC(=O)O. The van der Waals surface area contributed by atoms with Crippen molar-refractivity contribution >= 4 is 5.97 Å². The Balaban J connectivity index is 2.45. The van der Waals surface area contributed by atoms with E-state index >= 15 is 0 Å². The summed E-state index contributed by atoms with van der Waals surface area (Å²) in [6, 6.07) is 7.70. The largest absolute Gasteiger partial charge is 0.481 e. The zero-order chi connectivity index (χ0) is 11.5. The molecule has 2 aromatic rings. The first kappa shape index (κ1) is 10.4. The molecule has 0 saturated carbocycles. The number of H-pyrrole nitrogens is 1. The summed E-state index contributed by atoms with van der Waals surface area (Å²) >= 11 is 0. The van der Waals surface area contributed by atoms with Crippen molar-refractivity contribution in [2.75, 3.05) is 0 Å². The van der Waals surface area contributed by atoms with Crippen LogP contribution in [0, 0.1) is 6.92 Å². The Kier molecular flexibility index (Phi) is 2.68. The fraction of sp³-hybridized carbons (Fsp3) is 0.182. The highest BCUT2D eigenvalue weighted by Crippen LogP contribution is 2.23. The molecule has 0 aliphatic rings. The van der Waals surface area contributed by atoms with Crippen LogP contribution in [0.25, 0.3) is 11.3 Å². The molecular formula is C11H11N3O2.